The molecule has 1 aromatic carbocycles. The van der Waals surface area contributed by atoms with Crippen LogP contribution in [-0.2, 0) is 11.0 Å². The summed E-state index contributed by atoms with van der Waals surface area (Å²) in [5, 5.41) is 10.6. The molecule has 25 heavy (non-hydrogen) atoms. The van der Waals surface area contributed by atoms with Crippen LogP contribution in [0.3, 0.4) is 0 Å². The molecule has 2 aromatic heterocycles. The summed E-state index contributed by atoms with van der Waals surface area (Å²) in [5.41, 5.74) is -0.724. The molecule has 1 N–H and O–H groups in total. The van der Waals surface area contributed by atoms with Crippen molar-refractivity contribution in [2.24, 2.45) is 0 Å². The molecule has 130 valence electrons. The molecular formula is C15H12F3N5OS. The van der Waals surface area contributed by atoms with Crippen LogP contribution in [0, 0.1) is 0 Å². The Balaban J connectivity index is 1.62. The van der Waals surface area contributed by atoms with E-state index in [4.69, 9.17) is 0 Å². The molecule has 0 saturated carbocycles. The Kier molecular flexibility index (Phi) is 4.79. The van der Waals surface area contributed by atoms with Crippen molar-refractivity contribution >= 4 is 23.4 Å². The standard InChI is InChI=1S/C15H12F3N5OS/c16-15(17,18)11-4-3-5-12(8-11)20-13(24)9-25-14-21-19-10-23(14)22-6-1-2-7-22/h1-8,10H,9H2,(H,20,24). The van der Waals surface area contributed by atoms with Crippen LogP contribution in [0.15, 0.2) is 60.3 Å². The van der Waals surface area contributed by atoms with Crippen LogP contribution >= 0.6 is 11.8 Å². The van der Waals surface area contributed by atoms with Gasteiger partial charge in [-0.05, 0) is 30.3 Å². The van der Waals surface area contributed by atoms with Gasteiger partial charge in [0, 0.05) is 18.1 Å². The maximum atomic E-state index is 12.7. The molecule has 0 aliphatic rings. The number of nitrogens with zero attached hydrogens (tertiary/aromatic N) is 4. The normalized spacial score (nSPS) is 11.5. The van der Waals surface area contributed by atoms with E-state index >= 15 is 0 Å². The number of carbonyl (C=O) groups is 1. The average molecular weight is 367 g/mol. The zero-order valence-electron chi connectivity index (χ0n) is 12.6. The SMILES string of the molecule is O=C(CSc1nncn1-n1cccc1)Nc1cccc(C(F)(F)F)c1. The molecule has 0 radical (unpaired) electrons. The summed E-state index contributed by atoms with van der Waals surface area (Å²) >= 11 is 1.12. The third-order valence-electron chi connectivity index (χ3n) is 3.14. The zero-order chi connectivity index (χ0) is 17.9. The molecular weight excluding hydrogens is 355 g/mol. The number of aromatic nitrogens is 4. The van der Waals surface area contributed by atoms with Crippen molar-refractivity contribution in [3.05, 3.63) is 60.7 Å². The van der Waals surface area contributed by atoms with Gasteiger partial charge in [0.2, 0.25) is 11.1 Å². The molecule has 0 unspecified atom stereocenters. The van der Waals surface area contributed by atoms with Crippen molar-refractivity contribution in [1.29, 1.82) is 0 Å². The number of hydrogen-bond acceptors (Lipinski definition) is 4. The van der Waals surface area contributed by atoms with Gasteiger partial charge in [-0.1, -0.05) is 17.8 Å². The van der Waals surface area contributed by atoms with Crippen LogP contribution in [0.4, 0.5) is 18.9 Å². The number of hydrogen-bond donors (Lipinski definition) is 1. The summed E-state index contributed by atoms with van der Waals surface area (Å²) in [6.45, 7) is 0. The summed E-state index contributed by atoms with van der Waals surface area (Å²) < 4.78 is 41.4. The highest BCUT2D eigenvalue weighted by molar-refractivity contribution is 7.99. The quantitative estimate of drug-likeness (QED) is 0.704. The highest BCUT2D eigenvalue weighted by atomic mass is 32.2. The molecule has 2 heterocycles. The monoisotopic (exact) mass is 367 g/mol. The first kappa shape index (κ1) is 17.1. The van der Waals surface area contributed by atoms with E-state index in [2.05, 4.69) is 15.5 Å². The lowest BCUT2D eigenvalue weighted by Gasteiger charge is -2.10. The van der Waals surface area contributed by atoms with Crippen LogP contribution in [0.25, 0.3) is 0 Å². The van der Waals surface area contributed by atoms with Gasteiger partial charge in [0.05, 0.1) is 11.3 Å². The molecule has 0 saturated heterocycles. The van der Waals surface area contributed by atoms with Gasteiger partial charge in [0.15, 0.2) is 0 Å². The first-order valence-electron chi connectivity index (χ1n) is 7.07. The third-order valence-corrected chi connectivity index (χ3v) is 4.08. The minimum absolute atomic E-state index is 0.0177. The van der Waals surface area contributed by atoms with E-state index in [1.165, 1.54) is 18.5 Å². The van der Waals surface area contributed by atoms with Crippen molar-refractivity contribution in [1.82, 2.24) is 19.5 Å². The van der Waals surface area contributed by atoms with E-state index in [1.807, 2.05) is 12.1 Å². The van der Waals surface area contributed by atoms with Gasteiger partial charge in [-0.15, -0.1) is 10.2 Å². The van der Waals surface area contributed by atoms with E-state index in [0.29, 0.717) is 5.16 Å². The highest BCUT2D eigenvalue weighted by Crippen LogP contribution is 2.30. The Hall–Kier alpha value is -2.75. The number of nitrogens with one attached hydrogen (secondary N) is 1. The van der Waals surface area contributed by atoms with Gasteiger partial charge in [-0.25, -0.2) is 4.68 Å². The number of carbonyl (C=O) groups excluding carboxylic acids is 1. The topological polar surface area (TPSA) is 64.7 Å². The number of alkyl halides is 3. The highest BCUT2D eigenvalue weighted by Gasteiger charge is 2.30. The molecule has 0 aliphatic carbocycles. The van der Waals surface area contributed by atoms with Crippen LogP contribution in [0.2, 0.25) is 0 Å². The Labute approximate surface area is 144 Å². The molecule has 0 spiro atoms. The second kappa shape index (κ2) is 7.01. The van der Waals surface area contributed by atoms with Gasteiger partial charge < -0.3 is 5.32 Å². The Morgan fingerprint density at radius 2 is 1.96 bits per heavy atom. The van der Waals surface area contributed by atoms with Crippen molar-refractivity contribution in [3.8, 4) is 0 Å². The number of amides is 1. The zero-order valence-corrected chi connectivity index (χ0v) is 13.5. The smallest absolute Gasteiger partial charge is 0.325 e. The number of halogens is 3. The molecule has 3 aromatic rings. The van der Waals surface area contributed by atoms with Gasteiger partial charge in [-0.2, -0.15) is 13.2 Å². The lowest BCUT2D eigenvalue weighted by Crippen LogP contribution is -2.16. The molecule has 0 fully saturated rings. The first-order chi connectivity index (χ1) is 11.9. The number of anilines is 1. The van der Waals surface area contributed by atoms with Crippen molar-refractivity contribution in [2.75, 3.05) is 11.1 Å². The number of benzene rings is 1. The molecule has 6 nitrogen and oxygen atoms in total. The summed E-state index contributed by atoms with van der Waals surface area (Å²) in [7, 11) is 0. The van der Waals surface area contributed by atoms with Gasteiger partial charge >= 0.3 is 6.18 Å². The lowest BCUT2D eigenvalue weighted by molar-refractivity contribution is -0.137. The van der Waals surface area contributed by atoms with Gasteiger partial charge in [0.25, 0.3) is 0 Å². The van der Waals surface area contributed by atoms with E-state index in [1.54, 1.807) is 21.7 Å². The third kappa shape index (κ3) is 4.21. The number of thioether (sulfide) groups is 1. The molecule has 10 heteroatoms. The Morgan fingerprint density at radius 3 is 2.68 bits per heavy atom. The average Bonchev–Trinajstić information content (AvgIpc) is 3.23. The Bertz CT molecular complexity index is 860. The molecule has 0 aliphatic heterocycles. The van der Waals surface area contributed by atoms with E-state index in [9.17, 15) is 18.0 Å². The first-order valence-corrected chi connectivity index (χ1v) is 8.05. The molecule has 0 bridgehead atoms. The van der Waals surface area contributed by atoms with Gasteiger partial charge in [-0.3, -0.25) is 9.47 Å². The maximum absolute atomic E-state index is 12.7. The van der Waals surface area contributed by atoms with E-state index in [-0.39, 0.29) is 11.4 Å². The summed E-state index contributed by atoms with van der Waals surface area (Å²) in [5.74, 6) is -0.456. The van der Waals surface area contributed by atoms with Crippen LogP contribution < -0.4 is 5.32 Å². The Morgan fingerprint density at radius 1 is 1.20 bits per heavy atom. The molecule has 1 amide bonds. The second-order valence-corrected chi connectivity index (χ2v) is 5.88. The summed E-state index contributed by atoms with van der Waals surface area (Å²) in [6, 6.07) is 8.15. The fraction of sp³-hybridized carbons (Fsp3) is 0.133. The predicted molar refractivity (Wildman–Crippen MR) is 86.0 cm³/mol. The van der Waals surface area contributed by atoms with Gasteiger partial charge in [0.1, 0.15) is 6.33 Å². The van der Waals surface area contributed by atoms with Crippen molar-refractivity contribution < 1.29 is 18.0 Å². The fourth-order valence-corrected chi connectivity index (χ4v) is 2.75. The summed E-state index contributed by atoms with van der Waals surface area (Å²) in [6.07, 6.45) is 0.613. The lowest BCUT2D eigenvalue weighted by atomic mass is 10.2. The van der Waals surface area contributed by atoms with Crippen LogP contribution in [0.1, 0.15) is 5.56 Å². The van der Waals surface area contributed by atoms with E-state index < -0.39 is 17.6 Å². The van der Waals surface area contributed by atoms with Crippen LogP contribution in [-0.4, -0.2) is 31.2 Å². The molecule has 3 rings (SSSR count). The maximum Gasteiger partial charge on any atom is 0.416 e. The second-order valence-electron chi connectivity index (χ2n) is 4.94. The predicted octanol–water partition coefficient (Wildman–Crippen LogP) is 3.14. The fourth-order valence-electron chi connectivity index (χ4n) is 2.04. The molecule has 0 atom stereocenters. The number of rotatable bonds is 5. The minimum atomic E-state index is -4.46. The summed E-state index contributed by atoms with van der Waals surface area (Å²) in [4.78, 5) is 12.0. The largest absolute Gasteiger partial charge is 0.416 e. The minimum Gasteiger partial charge on any atom is -0.325 e. The van der Waals surface area contributed by atoms with E-state index in [0.717, 1.165) is 23.9 Å². The van der Waals surface area contributed by atoms with Crippen molar-refractivity contribution in [2.45, 2.75) is 11.3 Å². The van der Waals surface area contributed by atoms with Crippen molar-refractivity contribution in [3.63, 3.8) is 0 Å². The van der Waals surface area contributed by atoms with Crippen LogP contribution in [0.5, 0.6) is 0 Å².